The molecular weight excluding hydrogens is 570 g/mol. The normalized spacial score (nSPS) is 16.6. The van der Waals surface area contributed by atoms with E-state index in [-0.39, 0.29) is 22.0 Å². The number of carbonyl (C=O) groups is 2. The molecule has 7 nitrogen and oxygen atoms in total. The molecule has 1 atom stereocenters. The molecule has 6 rings (SSSR count). The highest BCUT2D eigenvalue weighted by Gasteiger charge is 2.48. The molecule has 1 saturated heterocycles. The maximum absolute atomic E-state index is 14.4. The van der Waals surface area contributed by atoms with Gasteiger partial charge in [0.25, 0.3) is 5.78 Å². The molecule has 0 saturated carbocycles. The number of aromatic nitrogens is 2. The summed E-state index contributed by atoms with van der Waals surface area (Å²) in [5.74, 6) is -2.26. The van der Waals surface area contributed by atoms with Crippen molar-refractivity contribution in [2.24, 2.45) is 0 Å². The summed E-state index contributed by atoms with van der Waals surface area (Å²) in [6.45, 7) is 0. The van der Waals surface area contributed by atoms with Gasteiger partial charge in [-0.05, 0) is 46.0 Å². The van der Waals surface area contributed by atoms with E-state index in [0.29, 0.717) is 15.0 Å². The fraction of sp³-hybridized carbons (Fsp3) is 0.103. The fourth-order valence-corrected chi connectivity index (χ4v) is 7.33. The number of aliphatic hydroxyl groups is 1. The monoisotopic (exact) mass is 589 g/mol. The number of aliphatic hydroxyl groups excluding tert-OH is 1. The second kappa shape index (κ2) is 10.8. The van der Waals surface area contributed by atoms with E-state index < -0.39 is 29.3 Å². The maximum atomic E-state index is 14.4. The molecule has 200 valence electrons. The van der Waals surface area contributed by atoms with Crippen LogP contribution in [0.2, 0.25) is 0 Å². The zero-order valence-electron chi connectivity index (χ0n) is 20.9. The molecule has 1 aliphatic rings. The first-order valence-corrected chi connectivity index (χ1v) is 14.8. The number of thioether (sulfide) groups is 1. The highest BCUT2D eigenvalue weighted by molar-refractivity contribution is 8.00. The highest BCUT2D eigenvalue weighted by Crippen LogP contribution is 2.45. The molecule has 1 fully saturated rings. The fourth-order valence-electron chi connectivity index (χ4n) is 4.63. The summed E-state index contributed by atoms with van der Waals surface area (Å²) in [4.78, 5) is 28.5. The van der Waals surface area contributed by atoms with Crippen LogP contribution in [0, 0.1) is 5.82 Å². The van der Waals surface area contributed by atoms with Gasteiger partial charge in [-0.3, -0.25) is 14.5 Å². The molecule has 11 heteroatoms. The standard InChI is InChI=1S/C29H20FN3O4S3/c1-37-21-12-11-17(14-20(21)30)25(34)23-24(22-10-5-13-38-22)33(27(36)26(23)35)28-31-32-29(40-28)39-15-18-8-4-7-16-6-2-3-9-19(16)18/h2-14,24,34H,15H2,1H3/b25-23-. The molecule has 0 aliphatic carbocycles. The number of ketones is 1. The number of carbonyl (C=O) groups excluding carboxylic acids is 2. The maximum Gasteiger partial charge on any atom is 0.301 e. The average Bonchev–Trinajstić information content (AvgIpc) is 3.72. The van der Waals surface area contributed by atoms with Crippen LogP contribution in [-0.4, -0.2) is 34.1 Å². The first kappa shape index (κ1) is 26.2. The van der Waals surface area contributed by atoms with E-state index in [1.165, 1.54) is 58.6 Å². The van der Waals surface area contributed by atoms with E-state index in [9.17, 15) is 19.1 Å². The van der Waals surface area contributed by atoms with Gasteiger partial charge in [-0.1, -0.05) is 71.6 Å². The molecule has 3 aromatic carbocycles. The van der Waals surface area contributed by atoms with E-state index >= 15 is 0 Å². The summed E-state index contributed by atoms with van der Waals surface area (Å²) in [7, 11) is 1.33. The van der Waals surface area contributed by atoms with Crippen LogP contribution in [0.1, 0.15) is 22.0 Å². The van der Waals surface area contributed by atoms with Gasteiger partial charge in [0.2, 0.25) is 5.13 Å². The third-order valence-electron chi connectivity index (χ3n) is 6.52. The van der Waals surface area contributed by atoms with Gasteiger partial charge in [0.05, 0.1) is 12.7 Å². The summed E-state index contributed by atoms with van der Waals surface area (Å²) in [6.07, 6.45) is 0. The number of benzene rings is 3. The number of amides is 1. The van der Waals surface area contributed by atoms with Crippen molar-refractivity contribution in [1.29, 1.82) is 0 Å². The molecule has 1 amide bonds. The van der Waals surface area contributed by atoms with Gasteiger partial charge < -0.3 is 9.84 Å². The molecule has 0 radical (unpaired) electrons. The Hall–Kier alpha value is -4.06. The van der Waals surface area contributed by atoms with Crippen LogP contribution in [0.25, 0.3) is 16.5 Å². The molecule has 0 spiro atoms. The van der Waals surface area contributed by atoms with E-state index in [0.717, 1.165) is 22.4 Å². The molecule has 2 aromatic heterocycles. The Morgan fingerprint density at radius 1 is 1.07 bits per heavy atom. The summed E-state index contributed by atoms with van der Waals surface area (Å²) in [5.41, 5.74) is 1.06. The van der Waals surface area contributed by atoms with Crippen molar-refractivity contribution >= 4 is 67.8 Å². The minimum Gasteiger partial charge on any atom is -0.507 e. The van der Waals surface area contributed by atoms with Crippen LogP contribution in [0.15, 0.2) is 88.1 Å². The molecular formula is C29H20FN3O4S3. The zero-order chi connectivity index (χ0) is 27.8. The summed E-state index contributed by atoms with van der Waals surface area (Å²) in [5, 5.41) is 24.0. The van der Waals surface area contributed by atoms with Crippen molar-refractivity contribution < 1.29 is 23.8 Å². The predicted molar refractivity (Wildman–Crippen MR) is 155 cm³/mol. The molecule has 3 heterocycles. The van der Waals surface area contributed by atoms with Gasteiger partial charge >= 0.3 is 5.91 Å². The molecule has 1 aliphatic heterocycles. The first-order valence-electron chi connectivity index (χ1n) is 12.1. The van der Waals surface area contributed by atoms with Gasteiger partial charge in [-0.15, -0.1) is 21.5 Å². The van der Waals surface area contributed by atoms with Crippen LogP contribution in [0.5, 0.6) is 5.75 Å². The van der Waals surface area contributed by atoms with Crippen LogP contribution < -0.4 is 9.64 Å². The number of thiophene rings is 1. The lowest BCUT2D eigenvalue weighted by atomic mass is 10.00. The van der Waals surface area contributed by atoms with Crippen LogP contribution in [0.4, 0.5) is 9.52 Å². The number of nitrogens with zero attached hydrogens (tertiary/aromatic N) is 3. The Bertz CT molecular complexity index is 1780. The van der Waals surface area contributed by atoms with E-state index in [1.54, 1.807) is 12.1 Å². The lowest BCUT2D eigenvalue weighted by molar-refractivity contribution is -0.132. The number of halogens is 1. The molecule has 1 unspecified atom stereocenters. The lowest BCUT2D eigenvalue weighted by Gasteiger charge is -2.20. The number of methoxy groups -OCH3 is 1. The van der Waals surface area contributed by atoms with Gasteiger partial charge in [0.15, 0.2) is 15.9 Å². The largest absolute Gasteiger partial charge is 0.507 e. The van der Waals surface area contributed by atoms with Crippen LogP contribution >= 0.6 is 34.4 Å². The van der Waals surface area contributed by atoms with Crippen molar-refractivity contribution in [3.8, 4) is 5.75 Å². The van der Waals surface area contributed by atoms with E-state index in [4.69, 9.17) is 4.74 Å². The van der Waals surface area contributed by atoms with Gasteiger partial charge in [-0.25, -0.2) is 4.39 Å². The third-order valence-corrected chi connectivity index (χ3v) is 9.54. The summed E-state index contributed by atoms with van der Waals surface area (Å²) in [6, 6.07) is 20.8. The lowest BCUT2D eigenvalue weighted by Crippen LogP contribution is -2.29. The Morgan fingerprint density at radius 2 is 1.90 bits per heavy atom. The minimum atomic E-state index is -0.936. The van der Waals surface area contributed by atoms with Gasteiger partial charge in [0, 0.05) is 16.2 Å². The summed E-state index contributed by atoms with van der Waals surface area (Å²) >= 11 is 4.01. The van der Waals surface area contributed by atoms with Crippen molar-refractivity contribution in [2.75, 3.05) is 12.0 Å². The molecule has 0 bridgehead atoms. The minimum absolute atomic E-state index is 0.00537. The van der Waals surface area contributed by atoms with Gasteiger partial charge in [0.1, 0.15) is 11.8 Å². The highest BCUT2D eigenvalue weighted by atomic mass is 32.2. The topological polar surface area (TPSA) is 92.6 Å². The Balaban J connectivity index is 1.34. The van der Waals surface area contributed by atoms with E-state index in [1.807, 2.05) is 23.6 Å². The zero-order valence-corrected chi connectivity index (χ0v) is 23.4. The number of anilines is 1. The Morgan fingerprint density at radius 3 is 2.67 bits per heavy atom. The third kappa shape index (κ3) is 4.66. The second-order valence-electron chi connectivity index (χ2n) is 8.81. The average molecular weight is 590 g/mol. The number of rotatable bonds is 7. The van der Waals surface area contributed by atoms with E-state index in [2.05, 4.69) is 34.5 Å². The van der Waals surface area contributed by atoms with Crippen molar-refractivity contribution in [1.82, 2.24) is 10.2 Å². The number of hydrogen-bond acceptors (Lipinski definition) is 9. The quantitative estimate of drug-likeness (QED) is 0.0732. The van der Waals surface area contributed by atoms with Crippen molar-refractivity contribution in [3.05, 3.63) is 106 Å². The molecule has 40 heavy (non-hydrogen) atoms. The van der Waals surface area contributed by atoms with Gasteiger partial charge in [-0.2, -0.15) is 0 Å². The Labute approximate surface area is 240 Å². The number of hydrogen-bond donors (Lipinski definition) is 1. The Kier molecular flexibility index (Phi) is 7.09. The van der Waals surface area contributed by atoms with Crippen LogP contribution in [-0.2, 0) is 15.3 Å². The second-order valence-corrected chi connectivity index (χ2v) is 12.0. The SMILES string of the molecule is COc1ccc(/C(O)=C2/C(=O)C(=O)N(c3nnc(SCc4cccc5ccccc45)s3)C2c2cccs2)cc1F. The molecule has 5 aromatic rings. The van der Waals surface area contributed by atoms with Crippen molar-refractivity contribution in [2.45, 2.75) is 16.1 Å². The van der Waals surface area contributed by atoms with Crippen LogP contribution in [0.3, 0.4) is 0 Å². The number of fused-ring (bicyclic) bond motifs is 1. The predicted octanol–water partition coefficient (Wildman–Crippen LogP) is 6.82. The number of Topliss-reactive ketones (excluding diaryl/α,β-unsaturated/α-hetero) is 1. The first-order chi connectivity index (χ1) is 19.5. The summed E-state index contributed by atoms with van der Waals surface area (Å²) < 4.78 is 20.0. The van der Waals surface area contributed by atoms with Crippen molar-refractivity contribution in [3.63, 3.8) is 0 Å². The number of ether oxygens (including phenoxy) is 1. The molecule has 1 N–H and O–H groups in total. The smallest absolute Gasteiger partial charge is 0.301 e.